The number of aliphatic hydroxyl groups excluding tert-OH is 1. The Bertz CT molecular complexity index is 1140. The molecule has 1 saturated heterocycles. The molecular weight excluding hydrogens is 452 g/mol. The molecule has 0 aromatic heterocycles. The van der Waals surface area contributed by atoms with E-state index >= 15 is 0 Å². The van der Waals surface area contributed by atoms with Crippen molar-refractivity contribution < 1.29 is 29.1 Å². The smallest absolute Gasteiger partial charge is 0.295 e. The van der Waals surface area contributed by atoms with Crippen LogP contribution < -0.4 is 4.74 Å². The topological polar surface area (TPSA) is 119 Å². The summed E-state index contributed by atoms with van der Waals surface area (Å²) in [6.45, 7) is 5.02. The van der Waals surface area contributed by atoms with Gasteiger partial charge in [-0.05, 0) is 49.1 Å². The first-order valence-corrected chi connectivity index (χ1v) is 11.6. The number of nitro benzene ring substituents is 1. The number of ketones is 1. The van der Waals surface area contributed by atoms with Crippen molar-refractivity contribution in [3.05, 3.63) is 74.8 Å². The van der Waals surface area contributed by atoms with E-state index in [1.165, 1.54) is 30.2 Å². The average Bonchev–Trinajstić information content (AvgIpc) is 3.10. The largest absolute Gasteiger partial charge is 0.507 e. The number of hydrogen-bond donors (Lipinski definition) is 1. The van der Waals surface area contributed by atoms with Gasteiger partial charge in [0.1, 0.15) is 11.5 Å². The minimum atomic E-state index is -0.965. The number of aryl methyl sites for hydroxylation is 1. The van der Waals surface area contributed by atoms with Gasteiger partial charge in [-0.3, -0.25) is 19.7 Å². The molecule has 3 rings (SSSR count). The molecule has 9 nitrogen and oxygen atoms in total. The molecule has 1 aliphatic rings. The lowest BCUT2D eigenvalue weighted by atomic mass is 9.94. The lowest BCUT2D eigenvalue weighted by molar-refractivity contribution is -0.384. The summed E-state index contributed by atoms with van der Waals surface area (Å²) in [5.41, 5.74) is 1.22. The second-order valence-corrected chi connectivity index (χ2v) is 8.37. The zero-order chi connectivity index (χ0) is 25.5. The van der Waals surface area contributed by atoms with Gasteiger partial charge >= 0.3 is 0 Å². The van der Waals surface area contributed by atoms with Crippen molar-refractivity contribution in [1.29, 1.82) is 0 Å². The molecule has 0 saturated carbocycles. The zero-order valence-electron chi connectivity index (χ0n) is 20.2. The van der Waals surface area contributed by atoms with Gasteiger partial charge in [0.05, 0.1) is 23.1 Å². The number of non-ortho nitro benzene ring substituents is 1. The van der Waals surface area contributed by atoms with Crippen LogP contribution in [0.3, 0.4) is 0 Å². The van der Waals surface area contributed by atoms with Crippen molar-refractivity contribution >= 4 is 23.1 Å². The van der Waals surface area contributed by atoms with Gasteiger partial charge in [0, 0.05) is 38.0 Å². The van der Waals surface area contributed by atoms with Crippen LogP contribution in [0.4, 0.5) is 5.69 Å². The van der Waals surface area contributed by atoms with E-state index in [4.69, 9.17) is 9.47 Å². The monoisotopic (exact) mass is 482 g/mol. The molecule has 0 unspecified atom stereocenters. The summed E-state index contributed by atoms with van der Waals surface area (Å²) < 4.78 is 10.8. The van der Waals surface area contributed by atoms with Crippen molar-refractivity contribution in [2.24, 2.45) is 0 Å². The van der Waals surface area contributed by atoms with E-state index < -0.39 is 22.7 Å². The molecule has 1 fully saturated rings. The molecule has 186 valence electrons. The van der Waals surface area contributed by atoms with Crippen molar-refractivity contribution in [3.63, 3.8) is 0 Å². The second-order valence-electron chi connectivity index (χ2n) is 8.37. The summed E-state index contributed by atoms with van der Waals surface area (Å²) in [6.07, 6.45) is 2.37. The standard InChI is InChI=1S/C26H30N2O7/c1-4-5-14-35-21-11-10-19(15-17(21)2)24(29)22-23(18-8-6-9-20(16-18)28(32)33)27(12-7-13-34-3)26(31)25(22)30/h6,8-11,15-16,23,29H,4-5,7,12-14H2,1-3H3/b24-22+/t23-/m0/s1. The van der Waals surface area contributed by atoms with Crippen LogP contribution in [0.2, 0.25) is 0 Å². The first kappa shape index (κ1) is 25.9. The highest BCUT2D eigenvalue weighted by Crippen LogP contribution is 2.40. The minimum Gasteiger partial charge on any atom is -0.507 e. The van der Waals surface area contributed by atoms with Gasteiger partial charge in [-0.1, -0.05) is 25.5 Å². The number of ether oxygens (including phenoxy) is 2. The molecule has 1 aliphatic heterocycles. The Morgan fingerprint density at radius 3 is 2.57 bits per heavy atom. The van der Waals surface area contributed by atoms with Crippen LogP contribution in [0.15, 0.2) is 48.0 Å². The first-order valence-electron chi connectivity index (χ1n) is 11.6. The number of carbonyl (C=O) groups excluding carboxylic acids is 2. The van der Waals surface area contributed by atoms with Crippen LogP contribution in [0.5, 0.6) is 5.75 Å². The minimum absolute atomic E-state index is 0.105. The number of methoxy groups -OCH3 is 1. The average molecular weight is 483 g/mol. The predicted octanol–water partition coefficient (Wildman–Crippen LogP) is 4.54. The van der Waals surface area contributed by atoms with Crippen molar-refractivity contribution in [2.45, 2.75) is 39.2 Å². The number of likely N-dealkylation sites (tertiary alicyclic amines) is 1. The number of nitrogens with zero attached hydrogens (tertiary/aromatic N) is 2. The van der Waals surface area contributed by atoms with Crippen LogP contribution in [-0.2, 0) is 14.3 Å². The Balaban J connectivity index is 2.08. The maximum absolute atomic E-state index is 13.1. The molecule has 1 amide bonds. The number of Topliss-reactive ketones (excluding diaryl/α,β-unsaturated/α-hetero) is 1. The van der Waals surface area contributed by atoms with Gasteiger partial charge in [-0.15, -0.1) is 0 Å². The number of unbranched alkanes of at least 4 members (excludes halogenated alkanes) is 1. The van der Waals surface area contributed by atoms with E-state index in [9.17, 15) is 24.8 Å². The van der Waals surface area contributed by atoms with Gasteiger partial charge in [-0.25, -0.2) is 0 Å². The van der Waals surface area contributed by atoms with E-state index in [2.05, 4.69) is 6.92 Å². The lowest BCUT2D eigenvalue weighted by Crippen LogP contribution is -2.31. The summed E-state index contributed by atoms with van der Waals surface area (Å²) >= 11 is 0. The third-order valence-corrected chi connectivity index (χ3v) is 5.89. The van der Waals surface area contributed by atoms with Crippen molar-refractivity contribution in [1.82, 2.24) is 4.90 Å². The maximum atomic E-state index is 13.1. The van der Waals surface area contributed by atoms with Crippen molar-refractivity contribution in [3.8, 4) is 5.75 Å². The fourth-order valence-electron chi connectivity index (χ4n) is 4.09. The second kappa shape index (κ2) is 11.6. The normalized spacial score (nSPS) is 17.1. The van der Waals surface area contributed by atoms with Crippen LogP contribution in [0.1, 0.15) is 48.9 Å². The van der Waals surface area contributed by atoms with Crippen LogP contribution >= 0.6 is 0 Å². The molecule has 1 N–H and O–H groups in total. The number of benzene rings is 2. The van der Waals surface area contributed by atoms with Gasteiger partial charge in [0.2, 0.25) is 0 Å². The molecule has 1 heterocycles. The van der Waals surface area contributed by atoms with Gasteiger partial charge in [0.15, 0.2) is 0 Å². The van der Waals surface area contributed by atoms with Gasteiger partial charge < -0.3 is 19.5 Å². The Morgan fingerprint density at radius 1 is 1.14 bits per heavy atom. The Hall–Kier alpha value is -3.72. The fraction of sp³-hybridized carbons (Fsp3) is 0.385. The van der Waals surface area contributed by atoms with E-state index in [1.54, 1.807) is 24.3 Å². The highest BCUT2D eigenvalue weighted by atomic mass is 16.6. The number of rotatable bonds is 11. The first-order chi connectivity index (χ1) is 16.8. The number of nitro groups is 1. The van der Waals surface area contributed by atoms with E-state index in [0.717, 1.165) is 18.4 Å². The van der Waals surface area contributed by atoms with Crippen LogP contribution in [0, 0.1) is 17.0 Å². The van der Waals surface area contributed by atoms with E-state index in [1.807, 2.05) is 6.92 Å². The molecule has 1 atom stereocenters. The third-order valence-electron chi connectivity index (χ3n) is 5.89. The molecule has 9 heteroatoms. The number of carbonyl (C=O) groups is 2. The van der Waals surface area contributed by atoms with Crippen LogP contribution in [-0.4, -0.2) is 53.5 Å². The summed E-state index contributed by atoms with van der Waals surface area (Å²) in [5.74, 6) is -1.27. The predicted molar refractivity (Wildman–Crippen MR) is 130 cm³/mol. The lowest BCUT2D eigenvalue weighted by Gasteiger charge is -2.25. The quantitative estimate of drug-likeness (QED) is 0.125. The third kappa shape index (κ3) is 5.68. The van der Waals surface area contributed by atoms with Gasteiger partial charge in [-0.2, -0.15) is 0 Å². The van der Waals surface area contributed by atoms with E-state index in [-0.39, 0.29) is 23.6 Å². The molecule has 0 radical (unpaired) electrons. The molecule has 0 spiro atoms. The highest BCUT2D eigenvalue weighted by molar-refractivity contribution is 6.46. The number of amides is 1. The van der Waals surface area contributed by atoms with Crippen LogP contribution in [0.25, 0.3) is 5.76 Å². The molecule has 0 aliphatic carbocycles. The molecule has 0 bridgehead atoms. The molecule has 2 aromatic carbocycles. The van der Waals surface area contributed by atoms with Gasteiger partial charge in [0.25, 0.3) is 17.4 Å². The van der Waals surface area contributed by atoms with E-state index in [0.29, 0.717) is 36.5 Å². The zero-order valence-corrected chi connectivity index (χ0v) is 20.2. The number of aliphatic hydroxyl groups is 1. The fourth-order valence-corrected chi connectivity index (χ4v) is 4.09. The molecule has 2 aromatic rings. The Labute approximate surface area is 204 Å². The molecule has 35 heavy (non-hydrogen) atoms. The maximum Gasteiger partial charge on any atom is 0.295 e. The molecular formula is C26H30N2O7. The summed E-state index contributed by atoms with van der Waals surface area (Å²) in [5, 5.41) is 22.6. The highest BCUT2D eigenvalue weighted by Gasteiger charge is 2.46. The van der Waals surface area contributed by atoms with Crippen molar-refractivity contribution in [2.75, 3.05) is 26.9 Å². The summed E-state index contributed by atoms with van der Waals surface area (Å²) in [7, 11) is 1.53. The number of hydrogen-bond acceptors (Lipinski definition) is 7. The Morgan fingerprint density at radius 2 is 1.91 bits per heavy atom. The summed E-state index contributed by atoms with van der Waals surface area (Å²) in [6, 6.07) is 9.84. The summed E-state index contributed by atoms with van der Waals surface area (Å²) in [4.78, 5) is 38.2. The Kier molecular flexibility index (Phi) is 8.59. The SMILES string of the molecule is CCCCOc1ccc(/C(O)=C2\C(=O)C(=O)N(CCCOC)[C@H]2c2cccc([N+](=O)[O-])c2)cc1C.